The van der Waals surface area contributed by atoms with Gasteiger partial charge in [0.1, 0.15) is 0 Å². The number of rotatable bonds is 6. The first-order valence-electron chi connectivity index (χ1n) is 32.9. The van der Waals surface area contributed by atoms with Gasteiger partial charge < -0.3 is 0 Å². The van der Waals surface area contributed by atoms with Crippen LogP contribution in [0.5, 0.6) is 0 Å². The lowest BCUT2D eigenvalue weighted by Crippen LogP contribution is -2.10. The standard InChI is InChI=1S/C57H35N5S/c1-4-15-36(16-5-1)39-27-30-43-42-21-10-12-25-49(42)61(50(43)33-39)56-58-55(48-24-14-23-47-46-22-11-13-26-53(46)63-54(47)48)59-57(60-56)62-51-34-40(37-17-6-2-7-18-37)28-31-44(51)45-32-29-41(35-52(45)62)38-19-8-3-9-20-38/h1-35H/i1D,2D,3D,4D,5D,6D,7D,8D,9D,10D,12D,15D,16D,17D,18D,19D,20D,21D,25D,27D,28D,29D,30D,31D,32D,33D,34D,35D. The molecule has 294 valence electrons. The lowest BCUT2D eigenvalue weighted by atomic mass is 10.0. The molecule has 4 aromatic heterocycles. The Morgan fingerprint density at radius 2 is 0.825 bits per heavy atom. The molecule has 0 spiro atoms. The lowest BCUT2D eigenvalue weighted by Gasteiger charge is -2.14. The molecule has 0 N–H and O–H groups in total. The van der Waals surface area contributed by atoms with Crippen molar-refractivity contribution in [2.24, 2.45) is 0 Å². The molecule has 5 nitrogen and oxygen atoms in total. The normalized spacial score (nSPS) is 18.0. The average molecular weight is 850 g/mol. The maximum absolute atomic E-state index is 10.2. The second kappa shape index (κ2) is 14.2. The van der Waals surface area contributed by atoms with Crippen molar-refractivity contribution in [1.29, 1.82) is 0 Å². The van der Waals surface area contributed by atoms with Crippen LogP contribution in [-0.2, 0) is 0 Å². The van der Waals surface area contributed by atoms with Crippen molar-refractivity contribution >= 4 is 75.1 Å². The predicted molar refractivity (Wildman–Crippen MR) is 263 cm³/mol. The van der Waals surface area contributed by atoms with E-state index in [4.69, 9.17) is 38.3 Å². The van der Waals surface area contributed by atoms with E-state index >= 15 is 0 Å². The monoisotopic (exact) mass is 849 g/mol. The van der Waals surface area contributed by atoms with Crippen LogP contribution in [0.15, 0.2) is 212 Å². The number of aromatic nitrogens is 5. The van der Waals surface area contributed by atoms with Gasteiger partial charge in [0.15, 0.2) is 5.82 Å². The fourth-order valence-electron chi connectivity index (χ4n) is 7.61. The maximum atomic E-state index is 10.2. The first kappa shape index (κ1) is 17.7. The molecular formula is C57H35N5S. The van der Waals surface area contributed by atoms with Gasteiger partial charge in [-0.1, -0.05) is 175 Å². The number of thiophene rings is 1. The maximum Gasteiger partial charge on any atom is 0.240 e. The first-order chi connectivity index (χ1) is 42.9. The highest BCUT2D eigenvalue weighted by Crippen LogP contribution is 2.42. The van der Waals surface area contributed by atoms with E-state index in [0.717, 1.165) is 19.2 Å². The third-order valence-corrected chi connectivity index (χ3v) is 11.6. The second-order valence-electron chi connectivity index (χ2n) is 13.9. The summed E-state index contributed by atoms with van der Waals surface area (Å²) in [6.07, 6.45) is 0. The molecule has 0 aliphatic carbocycles. The summed E-state index contributed by atoms with van der Waals surface area (Å²) in [4.78, 5) is 14.8. The highest BCUT2D eigenvalue weighted by atomic mass is 32.1. The van der Waals surface area contributed by atoms with Gasteiger partial charge in [-0.05, 0) is 69.7 Å². The van der Waals surface area contributed by atoms with Gasteiger partial charge in [-0.2, -0.15) is 15.0 Å². The zero-order valence-electron chi connectivity index (χ0n) is 59.7. The molecule has 0 bridgehead atoms. The number of hydrogen-bond donors (Lipinski definition) is 0. The average Bonchev–Trinajstić information content (AvgIpc) is 1.56. The van der Waals surface area contributed by atoms with Crippen LogP contribution in [0.1, 0.15) is 38.4 Å². The zero-order valence-corrected chi connectivity index (χ0v) is 32.5. The van der Waals surface area contributed by atoms with E-state index in [2.05, 4.69) is 0 Å². The van der Waals surface area contributed by atoms with Gasteiger partial charge in [-0.15, -0.1) is 11.3 Å². The molecular weight excluding hydrogens is 787 g/mol. The summed E-state index contributed by atoms with van der Waals surface area (Å²) in [6.45, 7) is 0. The molecule has 0 amide bonds. The molecule has 63 heavy (non-hydrogen) atoms. The van der Waals surface area contributed by atoms with E-state index in [1.54, 1.807) is 30.3 Å². The van der Waals surface area contributed by atoms with Crippen LogP contribution >= 0.6 is 11.3 Å². The molecule has 13 aromatic rings. The van der Waals surface area contributed by atoms with Gasteiger partial charge in [-0.3, -0.25) is 9.13 Å². The van der Waals surface area contributed by atoms with E-state index in [1.165, 1.54) is 11.3 Å². The van der Waals surface area contributed by atoms with E-state index < -0.39 is 258 Å². The Bertz CT molecular complexity index is 5370. The van der Waals surface area contributed by atoms with Crippen molar-refractivity contribution in [3.05, 3.63) is 212 Å². The van der Waals surface area contributed by atoms with Crippen molar-refractivity contribution in [2.75, 3.05) is 0 Å². The van der Waals surface area contributed by atoms with Crippen LogP contribution in [0.25, 0.3) is 120 Å². The Morgan fingerprint density at radius 1 is 0.365 bits per heavy atom. The quantitative estimate of drug-likeness (QED) is 0.167. The predicted octanol–water partition coefficient (Wildman–Crippen LogP) is 15.1. The molecule has 4 heterocycles. The highest BCUT2D eigenvalue weighted by Gasteiger charge is 2.23. The summed E-state index contributed by atoms with van der Waals surface area (Å²) in [7, 11) is 0. The molecule has 0 atom stereocenters. The number of fused-ring (bicyclic) bond motifs is 9. The first-order valence-corrected chi connectivity index (χ1v) is 19.7. The Kier molecular flexibility index (Phi) is 3.98. The number of benzene rings is 9. The topological polar surface area (TPSA) is 48.5 Å². The minimum atomic E-state index is -0.951. The summed E-state index contributed by atoms with van der Waals surface area (Å²) in [5, 5.41) is -0.781. The van der Waals surface area contributed by atoms with E-state index in [-0.39, 0.29) is 11.4 Å². The molecule has 9 aromatic carbocycles. The van der Waals surface area contributed by atoms with E-state index in [9.17, 15) is 15.1 Å². The van der Waals surface area contributed by atoms with Crippen molar-refractivity contribution in [3.8, 4) is 56.7 Å². The highest BCUT2D eigenvalue weighted by molar-refractivity contribution is 7.26. The molecule has 0 unspecified atom stereocenters. The molecule has 0 fully saturated rings. The van der Waals surface area contributed by atoms with Crippen LogP contribution < -0.4 is 0 Å². The fraction of sp³-hybridized carbons (Fsp3) is 0. The summed E-state index contributed by atoms with van der Waals surface area (Å²) in [6, 6.07) is -12.9. The largest absolute Gasteiger partial charge is 0.278 e. The number of nitrogens with zero attached hydrogens (tertiary/aromatic N) is 5. The Labute approximate surface area is 405 Å². The van der Waals surface area contributed by atoms with Crippen LogP contribution in [0.3, 0.4) is 0 Å². The molecule has 0 radical (unpaired) electrons. The van der Waals surface area contributed by atoms with Gasteiger partial charge in [0, 0.05) is 47.3 Å². The smallest absolute Gasteiger partial charge is 0.240 e. The molecule has 6 heteroatoms. The van der Waals surface area contributed by atoms with Crippen molar-refractivity contribution < 1.29 is 38.4 Å². The minimum Gasteiger partial charge on any atom is -0.278 e. The van der Waals surface area contributed by atoms with E-state index in [0.29, 0.717) is 10.1 Å². The molecule has 0 aliphatic heterocycles. The third kappa shape index (κ3) is 5.73. The fourth-order valence-corrected chi connectivity index (χ4v) is 8.82. The summed E-state index contributed by atoms with van der Waals surface area (Å²) >= 11 is 1.26. The molecule has 13 rings (SSSR count). The Balaban J connectivity index is 1.31. The third-order valence-electron chi connectivity index (χ3n) is 10.3. The van der Waals surface area contributed by atoms with Gasteiger partial charge in [-0.25, -0.2) is 0 Å². The summed E-state index contributed by atoms with van der Waals surface area (Å²) < 4.78 is 258. The second-order valence-corrected chi connectivity index (χ2v) is 14.9. The van der Waals surface area contributed by atoms with Gasteiger partial charge >= 0.3 is 0 Å². The lowest BCUT2D eigenvalue weighted by molar-refractivity contribution is 0.894. The number of para-hydroxylation sites is 1. The van der Waals surface area contributed by atoms with Crippen molar-refractivity contribution in [2.45, 2.75) is 0 Å². The van der Waals surface area contributed by atoms with Crippen molar-refractivity contribution in [3.63, 3.8) is 0 Å². The Morgan fingerprint density at radius 3 is 1.38 bits per heavy atom. The van der Waals surface area contributed by atoms with Crippen molar-refractivity contribution in [1.82, 2.24) is 24.1 Å². The zero-order chi connectivity index (χ0) is 65.8. The van der Waals surface area contributed by atoms with Crippen LogP contribution in [0.4, 0.5) is 0 Å². The molecule has 0 saturated carbocycles. The minimum absolute atomic E-state index is 0.175. The van der Waals surface area contributed by atoms with Crippen LogP contribution in [0, 0.1) is 0 Å². The van der Waals surface area contributed by atoms with Gasteiger partial charge in [0.2, 0.25) is 11.9 Å². The SMILES string of the molecule is [2H]c1c([2H])c([2H])c(-c2c([2H])c([2H])c3c4c([2H])c([2H])c([2H])c([2H])c4n(-c4nc(-c5cccc6c5sc5ccccc56)nc(-n5c6c([2H])c(-c7c([2H])c([2H])c([2H])c([2H])c7[2H])c([2H])c([2H])c6c6c([2H])c([2H])c(-c7c([2H])c([2H])c([2H])c([2H])c7[2H])c([2H])c65)n4)c3c2[2H])c([2H])c1[2H]. The Hall–Kier alpha value is -8.19. The number of hydrogen-bond acceptors (Lipinski definition) is 4. The molecule has 0 saturated heterocycles. The molecule has 0 aliphatic rings. The van der Waals surface area contributed by atoms with E-state index in [1.807, 2.05) is 12.1 Å². The summed E-state index contributed by atoms with van der Waals surface area (Å²) in [5.41, 5.74) is -6.84. The van der Waals surface area contributed by atoms with Crippen LogP contribution in [-0.4, -0.2) is 24.1 Å². The van der Waals surface area contributed by atoms with Gasteiger partial charge in [0.25, 0.3) is 0 Å². The van der Waals surface area contributed by atoms with Gasteiger partial charge in [0.05, 0.1) is 60.4 Å². The summed E-state index contributed by atoms with van der Waals surface area (Å²) in [5.74, 6) is -1.91. The van der Waals surface area contributed by atoms with Crippen LogP contribution in [0.2, 0.25) is 0 Å².